The second kappa shape index (κ2) is 1.83. The highest BCUT2D eigenvalue weighted by molar-refractivity contribution is 6.33. The van der Waals surface area contributed by atoms with Crippen molar-refractivity contribution in [2.45, 2.75) is 22.7 Å². The molecular weight excluding hydrogens is 246 g/mol. The maximum Gasteiger partial charge on any atom is 0.250 e. The van der Waals surface area contributed by atoms with Crippen molar-refractivity contribution in [3.63, 3.8) is 0 Å². The summed E-state index contributed by atoms with van der Waals surface area (Å²) in [6.07, 6.45) is 0.221. The fraction of sp³-hybridized carbons (Fsp3) is 0.500. The van der Waals surface area contributed by atoms with Crippen LogP contribution in [-0.2, 0) is 0 Å². The standard InChI is InChI=1S/C8HClF6/c9-2-1-5(12)6(2,13)8(15)4(11)3(10)7(5,8)14/h1H/t5-,6+,7+,8-/m1/s1. The average molecular weight is 247 g/mol. The van der Waals surface area contributed by atoms with Gasteiger partial charge in [0.05, 0.1) is 5.03 Å². The smallest absolute Gasteiger partial charge is 0.231 e. The van der Waals surface area contributed by atoms with E-state index in [9.17, 15) is 26.3 Å². The molecule has 1 fully saturated rings. The molecule has 3 rings (SSSR count). The summed E-state index contributed by atoms with van der Waals surface area (Å²) in [4.78, 5) is 0. The minimum absolute atomic E-state index is 0.221. The lowest BCUT2D eigenvalue weighted by atomic mass is 9.37. The van der Waals surface area contributed by atoms with Crippen LogP contribution in [0.1, 0.15) is 0 Å². The van der Waals surface area contributed by atoms with Crippen LogP contribution in [0, 0.1) is 0 Å². The highest BCUT2D eigenvalue weighted by Crippen LogP contribution is 2.83. The first-order valence-electron chi connectivity index (χ1n) is 3.90. The minimum Gasteiger partial charge on any atom is -0.231 e. The van der Waals surface area contributed by atoms with E-state index in [4.69, 9.17) is 11.6 Å². The van der Waals surface area contributed by atoms with E-state index in [0.29, 0.717) is 0 Å². The zero-order valence-corrected chi connectivity index (χ0v) is 7.48. The molecule has 0 saturated heterocycles. The van der Waals surface area contributed by atoms with Crippen LogP contribution in [0.25, 0.3) is 0 Å². The van der Waals surface area contributed by atoms with Gasteiger partial charge in [-0.2, -0.15) is 0 Å². The van der Waals surface area contributed by atoms with E-state index in [-0.39, 0.29) is 6.08 Å². The van der Waals surface area contributed by atoms with Crippen molar-refractivity contribution in [2.24, 2.45) is 0 Å². The summed E-state index contributed by atoms with van der Waals surface area (Å²) in [5, 5.41) is -0.983. The Bertz CT molecular complexity index is 472. The minimum atomic E-state index is -3.95. The third-order valence-corrected chi connectivity index (χ3v) is 3.77. The maximum absolute atomic E-state index is 13.6. The average Bonchev–Trinajstić information content (AvgIpc) is 2.22. The molecule has 15 heavy (non-hydrogen) atoms. The fourth-order valence-electron chi connectivity index (χ4n) is 2.50. The number of fused-ring (bicyclic) bond motifs is 4. The lowest BCUT2D eigenvalue weighted by Crippen LogP contribution is -2.96. The van der Waals surface area contributed by atoms with Gasteiger partial charge in [0, 0.05) is 0 Å². The van der Waals surface area contributed by atoms with Gasteiger partial charge in [-0.1, -0.05) is 11.6 Å². The number of rotatable bonds is 0. The molecule has 4 atom stereocenters. The van der Waals surface area contributed by atoms with E-state index < -0.39 is 39.4 Å². The molecule has 0 nitrogen and oxygen atoms in total. The lowest BCUT2D eigenvalue weighted by Gasteiger charge is -2.71. The Morgan fingerprint density at radius 1 is 0.867 bits per heavy atom. The summed E-state index contributed by atoms with van der Waals surface area (Å²) in [6, 6.07) is 0. The van der Waals surface area contributed by atoms with Crippen molar-refractivity contribution < 1.29 is 26.3 Å². The first kappa shape index (κ1) is 9.57. The van der Waals surface area contributed by atoms with E-state index in [1.54, 1.807) is 0 Å². The predicted molar refractivity (Wildman–Crippen MR) is 38.5 cm³/mol. The molecule has 0 amide bonds. The fourth-order valence-corrected chi connectivity index (χ4v) is 2.92. The third kappa shape index (κ3) is 0.442. The van der Waals surface area contributed by atoms with Gasteiger partial charge in [0.25, 0.3) is 5.67 Å². The third-order valence-electron chi connectivity index (χ3n) is 3.40. The molecule has 0 aromatic heterocycles. The van der Waals surface area contributed by atoms with Crippen molar-refractivity contribution >= 4 is 11.6 Å². The van der Waals surface area contributed by atoms with Crippen molar-refractivity contribution in [1.82, 2.24) is 0 Å². The van der Waals surface area contributed by atoms with Gasteiger partial charge in [-0.3, -0.25) is 0 Å². The first-order valence-corrected chi connectivity index (χ1v) is 4.28. The topological polar surface area (TPSA) is 0 Å². The molecule has 0 N–H and O–H groups in total. The van der Waals surface area contributed by atoms with Gasteiger partial charge in [-0.25, -0.2) is 26.3 Å². The van der Waals surface area contributed by atoms with E-state index in [1.165, 1.54) is 0 Å². The second-order valence-corrected chi connectivity index (χ2v) is 4.21. The Balaban J connectivity index is 2.29. The Morgan fingerprint density at radius 3 is 1.80 bits per heavy atom. The van der Waals surface area contributed by atoms with Crippen LogP contribution in [0.5, 0.6) is 0 Å². The maximum atomic E-state index is 13.6. The molecule has 3 aliphatic rings. The quantitative estimate of drug-likeness (QED) is 0.576. The van der Waals surface area contributed by atoms with Crippen LogP contribution < -0.4 is 0 Å². The van der Waals surface area contributed by atoms with Crippen LogP contribution in [-0.4, -0.2) is 22.7 Å². The molecule has 3 aliphatic carbocycles. The van der Waals surface area contributed by atoms with Crippen molar-refractivity contribution in [2.75, 3.05) is 0 Å². The molecule has 0 bridgehead atoms. The Hall–Kier alpha value is -0.650. The van der Waals surface area contributed by atoms with Crippen molar-refractivity contribution in [3.05, 3.63) is 22.8 Å². The van der Waals surface area contributed by atoms with E-state index >= 15 is 0 Å². The molecule has 7 heteroatoms. The van der Waals surface area contributed by atoms with Gasteiger partial charge >= 0.3 is 0 Å². The molecule has 1 saturated carbocycles. The van der Waals surface area contributed by atoms with Crippen molar-refractivity contribution in [3.8, 4) is 0 Å². The van der Waals surface area contributed by atoms with Gasteiger partial charge in [-0.05, 0) is 6.08 Å². The second-order valence-electron chi connectivity index (χ2n) is 3.81. The van der Waals surface area contributed by atoms with Crippen molar-refractivity contribution in [1.29, 1.82) is 0 Å². The molecular formula is C8HClF6. The largest absolute Gasteiger partial charge is 0.250 e. The number of halogens is 7. The molecule has 0 spiro atoms. The normalized spacial score (nSPS) is 60.9. The molecule has 0 heterocycles. The monoisotopic (exact) mass is 246 g/mol. The van der Waals surface area contributed by atoms with E-state index in [0.717, 1.165) is 0 Å². The van der Waals surface area contributed by atoms with Crippen LogP contribution in [0.2, 0.25) is 0 Å². The summed E-state index contributed by atoms with van der Waals surface area (Å²) in [6.45, 7) is 0. The number of hydrogen-bond donors (Lipinski definition) is 0. The Morgan fingerprint density at radius 2 is 1.33 bits per heavy atom. The summed E-state index contributed by atoms with van der Waals surface area (Å²) in [5.41, 5.74) is -15.0. The van der Waals surface area contributed by atoms with Gasteiger partial charge < -0.3 is 0 Å². The summed E-state index contributed by atoms with van der Waals surface area (Å²) in [5.74, 6) is -4.49. The van der Waals surface area contributed by atoms with Crippen LogP contribution in [0.4, 0.5) is 26.3 Å². The Kier molecular flexibility index (Phi) is 1.17. The lowest BCUT2D eigenvalue weighted by molar-refractivity contribution is -0.331. The molecule has 0 radical (unpaired) electrons. The van der Waals surface area contributed by atoms with Gasteiger partial charge in [0.1, 0.15) is 0 Å². The van der Waals surface area contributed by atoms with Gasteiger partial charge in [-0.15, -0.1) is 0 Å². The van der Waals surface area contributed by atoms with E-state index in [2.05, 4.69) is 0 Å². The number of allylic oxidation sites excluding steroid dienone is 4. The zero-order valence-electron chi connectivity index (χ0n) is 6.72. The summed E-state index contributed by atoms with van der Waals surface area (Å²) < 4.78 is 79.3. The molecule has 82 valence electrons. The summed E-state index contributed by atoms with van der Waals surface area (Å²) >= 11 is 5.06. The Labute approximate surface area is 84.2 Å². The van der Waals surface area contributed by atoms with E-state index in [1.807, 2.05) is 0 Å². The predicted octanol–water partition coefficient (Wildman–Crippen LogP) is 3.13. The van der Waals surface area contributed by atoms with Gasteiger partial charge in [0.15, 0.2) is 11.7 Å². The highest BCUT2D eigenvalue weighted by Gasteiger charge is 3.05. The molecule has 0 aromatic carbocycles. The molecule has 0 aromatic rings. The molecule has 0 aliphatic heterocycles. The van der Waals surface area contributed by atoms with Crippen LogP contribution in [0.3, 0.4) is 0 Å². The SMILES string of the molecule is FC1=C(F)[C@]2(F)[C@@]3(F)C=C(Cl)[C@@]3(F)[C@]12F. The van der Waals surface area contributed by atoms with Crippen LogP contribution >= 0.6 is 11.6 Å². The highest BCUT2D eigenvalue weighted by atomic mass is 35.5. The molecule has 0 unspecified atom stereocenters. The van der Waals surface area contributed by atoms with Crippen LogP contribution in [0.15, 0.2) is 22.8 Å². The first-order chi connectivity index (χ1) is 6.69. The summed E-state index contributed by atoms with van der Waals surface area (Å²) in [7, 11) is 0. The van der Waals surface area contributed by atoms with Gasteiger partial charge in [0.2, 0.25) is 17.0 Å². The number of hydrogen-bond acceptors (Lipinski definition) is 0. The number of alkyl halides is 4. The zero-order chi connectivity index (χ0) is 11.4.